The maximum absolute atomic E-state index is 5.02. The highest BCUT2D eigenvalue weighted by Gasteiger charge is 2.21. The zero-order valence-electron chi connectivity index (χ0n) is 26.1. The molecule has 3 nitrogen and oxygen atoms in total. The van der Waals surface area contributed by atoms with Gasteiger partial charge in [-0.3, -0.25) is 0 Å². The summed E-state index contributed by atoms with van der Waals surface area (Å²) >= 11 is 1.92. The molecule has 0 aliphatic heterocycles. The molecule has 6 aromatic rings. The predicted octanol–water partition coefficient (Wildman–Crippen LogP) is 9.59. The van der Waals surface area contributed by atoms with Crippen LogP contribution >= 0.6 is 11.3 Å². The van der Waals surface area contributed by atoms with Gasteiger partial charge in [-0.05, 0) is 82.9 Å². The molecule has 0 radical (unpaired) electrons. The van der Waals surface area contributed by atoms with Gasteiger partial charge < -0.3 is 0 Å². The largest absolute Gasteiger partial charge is 0.209 e. The number of benzene rings is 4. The Bertz CT molecular complexity index is 2460. The molecular weight excluding hydrogens is 591 g/mol. The maximum atomic E-state index is 5.02. The molecule has 0 saturated heterocycles. The first-order valence-electron chi connectivity index (χ1n) is 16.6. The lowest BCUT2D eigenvalue weighted by atomic mass is 9.83. The van der Waals surface area contributed by atoms with Gasteiger partial charge in [-0.25, -0.2) is 15.0 Å². The second-order valence-electron chi connectivity index (χ2n) is 12.5. The number of hydrogen-bond acceptors (Lipinski definition) is 4. The lowest BCUT2D eigenvalue weighted by Crippen LogP contribution is -2.33. The average molecular weight is 624 g/mol. The van der Waals surface area contributed by atoms with Crippen LogP contribution in [0.25, 0.3) is 53.9 Å². The molecule has 226 valence electrons. The second kappa shape index (κ2) is 11.9. The zero-order chi connectivity index (χ0) is 31.2. The van der Waals surface area contributed by atoms with Crippen molar-refractivity contribution in [2.24, 2.45) is 0 Å². The Morgan fingerprint density at radius 3 is 2.06 bits per heavy atom. The van der Waals surface area contributed by atoms with Crippen LogP contribution in [0, 0.1) is 0 Å². The highest BCUT2D eigenvalue weighted by molar-refractivity contribution is 7.26. The summed E-state index contributed by atoms with van der Waals surface area (Å²) in [6, 6.07) is 34.9. The molecule has 0 N–H and O–H groups in total. The summed E-state index contributed by atoms with van der Waals surface area (Å²) in [5.41, 5.74) is 9.01. The molecule has 2 aromatic heterocycles. The third kappa shape index (κ3) is 5.10. The maximum Gasteiger partial charge on any atom is 0.164 e. The standard InChI is InChI=1S/C43H33N3S/c1-3-12-29(13-4-1)41-44-42(30-14-5-2-6-15-30)46-43(45-41)31-24-22-28(23-25-31)32-26-27-35(34-17-8-7-16-33(32)34)37-19-11-20-38-36-18-9-10-21-39(36)47-40(37)38/h1,3-5,7-22,24H,2,6,23,25-27H2. The topological polar surface area (TPSA) is 38.7 Å². The molecule has 4 heteroatoms. The first-order chi connectivity index (χ1) is 23.3. The molecule has 3 aliphatic rings. The van der Waals surface area contributed by atoms with E-state index in [2.05, 4.69) is 109 Å². The molecule has 0 bridgehead atoms. The highest BCUT2D eigenvalue weighted by Crippen LogP contribution is 2.40. The van der Waals surface area contributed by atoms with E-state index in [1.165, 1.54) is 58.5 Å². The summed E-state index contributed by atoms with van der Waals surface area (Å²) in [4.78, 5) is 14.9. The normalized spacial score (nSPS) is 16.2. The zero-order valence-corrected chi connectivity index (χ0v) is 26.9. The lowest BCUT2D eigenvalue weighted by Gasteiger charge is -2.22. The van der Waals surface area contributed by atoms with Gasteiger partial charge in [0.15, 0.2) is 17.5 Å². The molecule has 3 aliphatic carbocycles. The van der Waals surface area contributed by atoms with Gasteiger partial charge in [0, 0.05) is 31.3 Å². The van der Waals surface area contributed by atoms with Crippen LogP contribution in [0.2, 0.25) is 0 Å². The van der Waals surface area contributed by atoms with Gasteiger partial charge in [0.1, 0.15) is 0 Å². The molecule has 0 atom stereocenters. The lowest BCUT2D eigenvalue weighted by molar-refractivity contribution is 0.927. The predicted molar refractivity (Wildman–Crippen MR) is 197 cm³/mol. The number of rotatable bonds is 5. The summed E-state index contributed by atoms with van der Waals surface area (Å²) < 4.78 is 2.76. The quantitative estimate of drug-likeness (QED) is 0.192. The van der Waals surface area contributed by atoms with Crippen molar-refractivity contribution in [3.63, 3.8) is 0 Å². The Labute approximate surface area is 278 Å². The van der Waals surface area contributed by atoms with Crippen LogP contribution in [0.5, 0.6) is 0 Å². The van der Waals surface area contributed by atoms with Crippen LogP contribution in [0.15, 0.2) is 133 Å². The molecule has 9 rings (SSSR count). The van der Waals surface area contributed by atoms with Crippen molar-refractivity contribution < 1.29 is 0 Å². The summed E-state index contributed by atoms with van der Waals surface area (Å²) in [6.07, 6.45) is 17.2. The van der Waals surface area contributed by atoms with Crippen LogP contribution in [0.4, 0.5) is 0 Å². The fraction of sp³-hybridized carbons (Fsp3) is 0.140. The fourth-order valence-electron chi connectivity index (χ4n) is 7.35. The van der Waals surface area contributed by atoms with E-state index >= 15 is 0 Å². The summed E-state index contributed by atoms with van der Waals surface area (Å²) in [7, 11) is 0. The second-order valence-corrected chi connectivity index (χ2v) is 13.5. The van der Waals surface area contributed by atoms with E-state index in [1.54, 1.807) is 0 Å². The number of allylic oxidation sites excluding steroid dienone is 8. The first kappa shape index (κ1) is 28.1. The average Bonchev–Trinajstić information content (AvgIpc) is 3.54. The Morgan fingerprint density at radius 2 is 1.23 bits per heavy atom. The van der Waals surface area contributed by atoms with Crippen LogP contribution in [-0.2, 0) is 0 Å². The van der Waals surface area contributed by atoms with Gasteiger partial charge in [0.05, 0.1) is 0 Å². The number of nitrogens with zero attached hydrogens (tertiary/aromatic N) is 3. The van der Waals surface area contributed by atoms with E-state index in [9.17, 15) is 0 Å². The fourth-order valence-corrected chi connectivity index (χ4v) is 8.59. The Kier molecular flexibility index (Phi) is 7.09. The van der Waals surface area contributed by atoms with Crippen molar-refractivity contribution in [1.82, 2.24) is 15.0 Å². The van der Waals surface area contributed by atoms with Crippen molar-refractivity contribution in [2.45, 2.75) is 38.5 Å². The van der Waals surface area contributed by atoms with Crippen LogP contribution in [-0.4, -0.2) is 15.0 Å². The number of aromatic nitrogens is 3. The van der Waals surface area contributed by atoms with Crippen molar-refractivity contribution in [1.29, 1.82) is 0 Å². The van der Waals surface area contributed by atoms with Crippen molar-refractivity contribution in [3.8, 4) is 11.4 Å². The Morgan fingerprint density at radius 1 is 0.532 bits per heavy atom. The van der Waals surface area contributed by atoms with Gasteiger partial charge in [-0.15, -0.1) is 11.3 Å². The van der Waals surface area contributed by atoms with Crippen LogP contribution < -0.4 is 10.4 Å². The SMILES string of the molecule is C1=CC(c2nc(C3=CC=C(C4=c5ccccc5=C(c5cccc6c5sc5ccccc56)CC4)CC3)nc(-c3ccccc3)n2)=CCC1. The van der Waals surface area contributed by atoms with E-state index in [0.717, 1.165) is 67.1 Å². The molecule has 47 heavy (non-hydrogen) atoms. The molecule has 0 fully saturated rings. The monoisotopic (exact) mass is 623 g/mol. The van der Waals surface area contributed by atoms with Crippen molar-refractivity contribution in [2.75, 3.05) is 0 Å². The molecule has 2 heterocycles. The van der Waals surface area contributed by atoms with Crippen LogP contribution in [0.1, 0.15) is 55.7 Å². The van der Waals surface area contributed by atoms with Crippen molar-refractivity contribution >= 4 is 53.8 Å². The van der Waals surface area contributed by atoms with Gasteiger partial charge in [0.2, 0.25) is 0 Å². The van der Waals surface area contributed by atoms with E-state index in [4.69, 9.17) is 15.0 Å². The van der Waals surface area contributed by atoms with Gasteiger partial charge in [0.25, 0.3) is 0 Å². The Balaban J connectivity index is 1.14. The first-order valence-corrected chi connectivity index (χ1v) is 17.4. The van der Waals surface area contributed by atoms with Crippen molar-refractivity contribution in [3.05, 3.63) is 161 Å². The third-order valence-corrected chi connectivity index (χ3v) is 10.9. The number of fused-ring (bicyclic) bond motifs is 4. The van der Waals surface area contributed by atoms with E-state index in [0.29, 0.717) is 0 Å². The summed E-state index contributed by atoms with van der Waals surface area (Å²) in [5.74, 6) is 2.27. The minimum absolute atomic E-state index is 0.730. The van der Waals surface area contributed by atoms with Gasteiger partial charge in [-0.1, -0.05) is 121 Å². The molecular formula is C43H33N3S. The number of thiophene rings is 1. The number of hydrogen-bond donors (Lipinski definition) is 0. The summed E-state index contributed by atoms with van der Waals surface area (Å²) in [6.45, 7) is 0. The molecule has 0 spiro atoms. The van der Waals surface area contributed by atoms with E-state index < -0.39 is 0 Å². The molecule has 0 saturated carbocycles. The van der Waals surface area contributed by atoms with Gasteiger partial charge >= 0.3 is 0 Å². The van der Waals surface area contributed by atoms with E-state index in [1.807, 2.05) is 29.5 Å². The molecule has 0 unspecified atom stereocenters. The van der Waals surface area contributed by atoms with Gasteiger partial charge in [-0.2, -0.15) is 0 Å². The highest BCUT2D eigenvalue weighted by atomic mass is 32.1. The minimum Gasteiger partial charge on any atom is -0.209 e. The van der Waals surface area contributed by atoms with Crippen LogP contribution in [0.3, 0.4) is 0 Å². The summed E-state index contributed by atoms with van der Waals surface area (Å²) in [5, 5.41) is 5.47. The molecule has 4 aromatic carbocycles. The van der Waals surface area contributed by atoms with E-state index in [-0.39, 0.29) is 0 Å². The smallest absolute Gasteiger partial charge is 0.164 e. The third-order valence-electron chi connectivity index (χ3n) is 9.68. The minimum atomic E-state index is 0.730. The molecule has 0 amide bonds. The Hall–Kier alpha value is -5.19.